The van der Waals surface area contributed by atoms with Crippen LogP contribution in [0.15, 0.2) is 36.5 Å². The Labute approximate surface area is 160 Å². The Hall–Kier alpha value is -2.66. The molecule has 1 aromatic heterocycles. The highest BCUT2D eigenvalue weighted by atomic mass is 16.3. The lowest BCUT2D eigenvalue weighted by atomic mass is 9.99. The number of phenols is 1. The highest BCUT2D eigenvalue weighted by molar-refractivity contribution is 5.82. The molecule has 1 N–H and O–H groups in total. The monoisotopic (exact) mass is 362 g/mol. The summed E-state index contributed by atoms with van der Waals surface area (Å²) in [5.74, 6) is 1.32. The molecule has 1 aliphatic heterocycles. The van der Waals surface area contributed by atoms with Gasteiger partial charge in [-0.05, 0) is 66.9 Å². The van der Waals surface area contributed by atoms with E-state index in [2.05, 4.69) is 33.8 Å². The molecule has 0 unspecified atom stereocenters. The van der Waals surface area contributed by atoms with Gasteiger partial charge in [0.2, 0.25) is 0 Å². The van der Waals surface area contributed by atoms with Crippen molar-refractivity contribution in [1.29, 1.82) is 0 Å². The van der Waals surface area contributed by atoms with Gasteiger partial charge in [-0.25, -0.2) is 4.98 Å². The molecule has 0 atom stereocenters. The van der Waals surface area contributed by atoms with E-state index >= 15 is 0 Å². The standard InChI is InChI=1S/C22H26N4O/c1-4-25-7-9-26(10-8-25)21-14-23-19-6-5-17(13-20(19)24-21)18-11-15(2)22(27)16(3)12-18/h5-6,11-14,27H,4,7-10H2,1-3H3. The Balaban J connectivity index is 1.67. The molecule has 0 saturated carbocycles. The predicted octanol–water partition coefficient (Wildman–Crippen LogP) is 3.76. The van der Waals surface area contributed by atoms with E-state index in [1.165, 1.54) is 0 Å². The van der Waals surface area contributed by atoms with Gasteiger partial charge in [-0.1, -0.05) is 13.0 Å². The van der Waals surface area contributed by atoms with E-state index < -0.39 is 0 Å². The van der Waals surface area contributed by atoms with Crippen LogP contribution in [-0.4, -0.2) is 52.7 Å². The number of nitrogens with zero attached hydrogens (tertiary/aromatic N) is 4. The first kappa shape index (κ1) is 17.7. The van der Waals surface area contributed by atoms with E-state index in [9.17, 15) is 5.11 Å². The van der Waals surface area contributed by atoms with E-state index in [4.69, 9.17) is 4.98 Å². The Kier molecular flexibility index (Phi) is 4.70. The maximum atomic E-state index is 10.0. The van der Waals surface area contributed by atoms with Crippen molar-refractivity contribution in [1.82, 2.24) is 14.9 Å². The molecule has 2 heterocycles. The van der Waals surface area contributed by atoms with Gasteiger partial charge in [0.1, 0.15) is 11.6 Å². The zero-order chi connectivity index (χ0) is 19.0. The number of likely N-dealkylation sites (N-methyl/N-ethyl adjacent to an activating group) is 1. The molecule has 3 aromatic rings. The molecule has 27 heavy (non-hydrogen) atoms. The van der Waals surface area contributed by atoms with Crippen LogP contribution in [0.3, 0.4) is 0 Å². The summed E-state index contributed by atoms with van der Waals surface area (Å²) < 4.78 is 0. The van der Waals surface area contributed by atoms with Crippen LogP contribution in [0.25, 0.3) is 22.2 Å². The quantitative estimate of drug-likeness (QED) is 0.769. The minimum absolute atomic E-state index is 0.368. The van der Waals surface area contributed by atoms with Crippen molar-refractivity contribution in [3.63, 3.8) is 0 Å². The zero-order valence-electron chi connectivity index (χ0n) is 16.2. The number of aryl methyl sites for hydroxylation is 2. The van der Waals surface area contributed by atoms with Crippen molar-refractivity contribution in [2.24, 2.45) is 0 Å². The summed E-state index contributed by atoms with van der Waals surface area (Å²) in [7, 11) is 0. The molecule has 0 bridgehead atoms. The van der Waals surface area contributed by atoms with Gasteiger partial charge in [-0.2, -0.15) is 0 Å². The second-order valence-corrected chi connectivity index (χ2v) is 7.31. The fourth-order valence-electron chi connectivity index (χ4n) is 3.75. The van der Waals surface area contributed by atoms with Gasteiger partial charge < -0.3 is 14.9 Å². The van der Waals surface area contributed by atoms with Crippen LogP contribution in [-0.2, 0) is 0 Å². The summed E-state index contributed by atoms with van der Waals surface area (Å²) in [5, 5.41) is 10.0. The van der Waals surface area contributed by atoms with Crippen LogP contribution >= 0.6 is 0 Å². The summed E-state index contributed by atoms with van der Waals surface area (Å²) in [6, 6.07) is 10.2. The summed E-state index contributed by atoms with van der Waals surface area (Å²) in [6.07, 6.45) is 1.89. The van der Waals surface area contributed by atoms with Crippen LogP contribution in [0.1, 0.15) is 18.1 Å². The minimum Gasteiger partial charge on any atom is -0.507 e. The molecule has 1 aliphatic rings. The number of hydrogen-bond acceptors (Lipinski definition) is 5. The first-order valence-electron chi connectivity index (χ1n) is 9.60. The molecule has 0 spiro atoms. The number of aromatic nitrogens is 2. The number of rotatable bonds is 3. The van der Waals surface area contributed by atoms with Crippen molar-refractivity contribution in [2.75, 3.05) is 37.6 Å². The second kappa shape index (κ2) is 7.16. The van der Waals surface area contributed by atoms with Crippen LogP contribution in [0.4, 0.5) is 5.82 Å². The fraction of sp³-hybridized carbons (Fsp3) is 0.364. The molecule has 5 nitrogen and oxygen atoms in total. The van der Waals surface area contributed by atoms with Gasteiger partial charge in [0, 0.05) is 26.2 Å². The summed E-state index contributed by atoms with van der Waals surface area (Å²) in [6.45, 7) is 11.3. The van der Waals surface area contributed by atoms with Crippen molar-refractivity contribution >= 4 is 16.9 Å². The lowest BCUT2D eigenvalue weighted by molar-refractivity contribution is 0.270. The molecule has 140 valence electrons. The van der Waals surface area contributed by atoms with E-state index in [-0.39, 0.29) is 0 Å². The van der Waals surface area contributed by atoms with Gasteiger partial charge >= 0.3 is 0 Å². The third-order valence-corrected chi connectivity index (χ3v) is 5.50. The largest absolute Gasteiger partial charge is 0.507 e. The van der Waals surface area contributed by atoms with Crippen LogP contribution in [0.2, 0.25) is 0 Å². The maximum absolute atomic E-state index is 10.0. The summed E-state index contributed by atoms with van der Waals surface area (Å²) >= 11 is 0. The van der Waals surface area contributed by atoms with Crippen molar-refractivity contribution in [2.45, 2.75) is 20.8 Å². The lowest BCUT2D eigenvalue weighted by Gasteiger charge is -2.34. The molecule has 1 saturated heterocycles. The van der Waals surface area contributed by atoms with E-state index in [0.717, 1.165) is 71.8 Å². The van der Waals surface area contributed by atoms with Gasteiger partial charge in [0.15, 0.2) is 0 Å². The van der Waals surface area contributed by atoms with Crippen LogP contribution < -0.4 is 4.90 Å². The molecule has 2 aromatic carbocycles. The predicted molar refractivity (Wildman–Crippen MR) is 110 cm³/mol. The number of hydrogen-bond donors (Lipinski definition) is 1. The molecule has 0 amide bonds. The first-order valence-corrected chi connectivity index (χ1v) is 9.60. The number of benzene rings is 2. The SMILES string of the molecule is CCN1CCN(c2cnc3ccc(-c4cc(C)c(O)c(C)c4)cc3n2)CC1. The number of phenolic OH excluding ortho intramolecular Hbond substituents is 1. The van der Waals surface area contributed by atoms with Gasteiger partial charge in [0.05, 0.1) is 17.2 Å². The average Bonchev–Trinajstić information content (AvgIpc) is 2.71. The van der Waals surface area contributed by atoms with Crippen LogP contribution in [0.5, 0.6) is 5.75 Å². The molecule has 1 fully saturated rings. The Bertz CT molecular complexity index is 954. The van der Waals surface area contributed by atoms with Crippen molar-refractivity contribution < 1.29 is 5.11 Å². The maximum Gasteiger partial charge on any atom is 0.147 e. The highest BCUT2D eigenvalue weighted by Crippen LogP contribution is 2.30. The Morgan fingerprint density at radius 2 is 1.63 bits per heavy atom. The number of fused-ring (bicyclic) bond motifs is 1. The summed E-state index contributed by atoms with van der Waals surface area (Å²) in [5.41, 5.74) is 5.77. The fourth-order valence-corrected chi connectivity index (χ4v) is 3.75. The molecule has 4 rings (SSSR count). The molecular weight excluding hydrogens is 336 g/mol. The number of anilines is 1. The molecule has 0 aliphatic carbocycles. The van der Waals surface area contributed by atoms with Crippen molar-refractivity contribution in [3.05, 3.63) is 47.7 Å². The van der Waals surface area contributed by atoms with Crippen LogP contribution in [0, 0.1) is 13.8 Å². The average molecular weight is 362 g/mol. The molecule has 0 radical (unpaired) electrons. The first-order chi connectivity index (χ1) is 13.0. The Morgan fingerprint density at radius 1 is 0.926 bits per heavy atom. The van der Waals surface area contributed by atoms with Gasteiger partial charge in [-0.15, -0.1) is 0 Å². The Morgan fingerprint density at radius 3 is 2.30 bits per heavy atom. The smallest absolute Gasteiger partial charge is 0.147 e. The second-order valence-electron chi connectivity index (χ2n) is 7.31. The topological polar surface area (TPSA) is 52.5 Å². The van der Waals surface area contributed by atoms with Crippen molar-refractivity contribution in [3.8, 4) is 16.9 Å². The third kappa shape index (κ3) is 3.47. The summed E-state index contributed by atoms with van der Waals surface area (Å²) in [4.78, 5) is 14.3. The number of piperazine rings is 1. The zero-order valence-corrected chi connectivity index (χ0v) is 16.2. The lowest BCUT2D eigenvalue weighted by Crippen LogP contribution is -2.46. The van der Waals surface area contributed by atoms with Gasteiger partial charge in [-0.3, -0.25) is 4.98 Å². The molecular formula is C22H26N4O. The van der Waals surface area contributed by atoms with E-state index in [1.54, 1.807) is 0 Å². The van der Waals surface area contributed by atoms with Gasteiger partial charge in [0.25, 0.3) is 0 Å². The minimum atomic E-state index is 0.368. The van der Waals surface area contributed by atoms with E-state index in [1.807, 2.05) is 38.2 Å². The normalized spacial score (nSPS) is 15.4. The molecule has 5 heteroatoms. The highest BCUT2D eigenvalue weighted by Gasteiger charge is 2.17. The third-order valence-electron chi connectivity index (χ3n) is 5.50. The number of aromatic hydroxyl groups is 1. The van der Waals surface area contributed by atoms with E-state index in [0.29, 0.717) is 5.75 Å².